The minimum Gasteiger partial charge on any atom is -0.487 e. The van der Waals surface area contributed by atoms with Gasteiger partial charge in [-0.15, -0.1) is 0 Å². The van der Waals surface area contributed by atoms with Crippen LogP contribution < -0.4 is 10.1 Å². The van der Waals surface area contributed by atoms with Crippen molar-refractivity contribution >= 4 is 23.2 Å². The molecule has 2 rings (SSSR count). The normalized spacial score (nSPS) is 10.0. The van der Waals surface area contributed by atoms with Gasteiger partial charge in [-0.1, -0.05) is 36.4 Å². The maximum Gasteiger partial charge on any atom is 0.255 e. The number of hydrogen-bond acceptors (Lipinski definition) is 2. The lowest BCUT2D eigenvalue weighted by Gasteiger charge is -2.12. The molecule has 0 fully saturated rings. The molecule has 0 aliphatic carbocycles. The number of rotatable bonds is 5. The number of halogens is 1. The Labute approximate surface area is 129 Å². The second kappa shape index (κ2) is 6.95. The van der Waals surface area contributed by atoms with Crippen LogP contribution in [0.3, 0.4) is 0 Å². The zero-order valence-electron chi connectivity index (χ0n) is 11.7. The summed E-state index contributed by atoms with van der Waals surface area (Å²) in [6.45, 7) is 6.08. The van der Waals surface area contributed by atoms with Crippen molar-refractivity contribution < 1.29 is 9.53 Å². The molecule has 0 aromatic heterocycles. The SMILES string of the molecule is C=C(C)COc1ccccc1NC(=O)c1cccc(Cl)c1. The number of ether oxygens (including phenoxy) is 1. The Balaban J connectivity index is 2.15. The molecule has 0 radical (unpaired) electrons. The van der Waals surface area contributed by atoms with Crippen LogP contribution in [0.1, 0.15) is 17.3 Å². The highest BCUT2D eigenvalue weighted by Crippen LogP contribution is 2.25. The Bertz CT molecular complexity index is 667. The molecule has 0 unspecified atom stereocenters. The molecule has 0 heterocycles. The third-order valence-corrected chi connectivity index (χ3v) is 2.93. The van der Waals surface area contributed by atoms with Crippen molar-refractivity contribution in [1.29, 1.82) is 0 Å². The molecule has 1 N–H and O–H groups in total. The Morgan fingerprint density at radius 3 is 2.71 bits per heavy atom. The molecular weight excluding hydrogens is 286 g/mol. The van der Waals surface area contributed by atoms with Crippen LogP contribution >= 0.6 is 11.6 Å². The molecule has 108 valence electrons. The monoisotopic (exact) mass is 301 g/mol. The van der Waals surface area contributed by atoms with Gasteiger partial charge in [0.25, 0.3) is 5.91 Å². The Kier molecular flexibility index (Phi) is 5.01. The molecule has 1 amide bonds. The van der Waals surface area contributed by atoms with Crippen LogP contribution in [-0.4, -0.2) is 12.5 Å². The van der Waals surface area contributed by atoms with Crippen molar-refractivity contribution in [3.63, 3.8) is 0 Å². The van der Waals surface area contributed by atoms with Gasteiger partial charge in [-0.3, -0.25) is 4.79 Å². The molecule has 0 aliphatic rings. The quantitative estimate of drug-likeness (QED) is 0.823. The lowest BCUT2D eigenvalue weighted by molar-refractivity contribution is 0.102. The van der Waals surface area contributed by atoms with E-state index in [1.807, 2.05) is 19.1 Å². The van der Waals surface area contributed by atoms with E-state index in [0.29, 0.717) is 28.6 Å². The lowest BCUT2D eigenvalue weighted by atomic mass is 10.2. The van der Waals surface area contributed by atoms with Crippen molar-refractivity contribution in [2.24, 2.45) is 0 Å². The summed E-state index contributed by atoms with van der Waals surface area (Å²) in [6, 6.07) is 14.1. The minimum absolute atomic E-state index is 0.233. The molecule has 0 aliphatic heterocycles. The van der Waals surface area contributed by atoms with Gasteiger partial charge < -0.3 is 10.1 Å². The fourth-order valence-corrected chi connectivity index (χ4v) is 1.91. The van der Waals surface area contributed by atoms with E-state index in [1.165, 1.54) is 0 Å². The van der Waals surface area contributed by atoms with Gasteiger partial charge >= 0.3 is 0 Å². The largest absolute Gasteiger partial charge is 0.487 e. The molecule has 0 saturated heterocycles. The molecule has 2 aromatic rings. The van der Waals surface area contributed by atoms with Crippen LogP contribution in [0.4, 0.5) is 5.69 Å². The van der Waals surface area contributed by atoms with Crippen LogP contribution in [0, 0.1) is 0 Å². The first kappa shape index (κ1) is 15.1. The average molecular weight is 302 g/mol. The van der Waals surface area contributed by atoms with Crippen LogP contribution in [0.2, 0.25) is 5.02 Å². The van der Waals surface area contributed by atoms with Gasteiger partial charge in [0.1, 0.15) is 12.4 Å². The average Bonchev–Trinajstić information content (AvgIpc) is 2.46. The van der Waals surface area contributed by atoms with E-state index in [-0.39, 0.29) is 5.91 Å². The maximum atomic E-state index is 12.2. The topological polar surface area (TPSA) is 38.3 Å². The lowest BCUT2D eigenvalue weighted by Crippen LogP contribution is -2.13. The summed E-state index contributed by atoms with van der Waals surface area (Å²) in [7, 11) is 0. The first-order valence-electron chi connectivity index (χ1n) is 6.49. The van der Waals surface area contributed by atoms with Gasteiger partial charge in [-0.2, -0.15) is 0 Å². The number of anilines is 1. The standard InChI is InChI=1S/C17H16ClNO2/c1-12(2)11-21-16-9-4-3-8-15(16)19-17(20)13-6-5-7-14(18)10-13/h3-10H,1,11H2,2H3,(H,19,20). The summed E-state index contributed by atoms with van der Waals surface area (Å²) < 4.78 is 5.62. The Morgan fingerprint density at radius 1 is 1.24 bits per heavy atom. The van der Waals surface area contributed by atoms with Crippen molar-refractivity contribution in [2.75, 3.05) is 11.9 Å². The van der Waals surface area contributed by atoms with Crippen LogP contribution in [0.15, 0.2) is 60.7 Å². The predicted molar refractivity (Wildman–Crippen MR) is 86.2 cm³/mol. The number of para-hydroxylation sites is 2. The van der Waals surface area contributed by atoms with E-state index in [9.17, 15) is 4.79 Å². The highest BCUT2D eigenvalue weighted by Gasteiger charge is 2.10. The highest BCUT2D eigenvalue weighted by atomic mass is 35.5. The number of nitrogens with one attached hydrogen (secondary N) is 1. The first-order valence-corrected chi connectivity index (χ1v) is 6.87. The van der Waals surface area contributed by atoms with Crippen LogP contribution in [0.5, 0.6) is 5.75 Å². The molecule has 3 nitrogen and oxygen atoms in total. The fourth-order valence-electron chi connectivity index (χ4n) is 1.72. The van der Waals surface area contributed by atoms with E-state index in [4.69, 9.17) is 16.3 Å². The van der Waals surface area contributed by atoms with Crippen molar-refractivity contribution in [3.05, 3.63) is 71.3 Å². The van der Waals surface area contributed by atoms with Gasteiger partial charge in [-0.05, 0) is 42.8 Å². The molecule has 0 bridgehead atoms. The minimum atomic E-state index is -0.233. The molecule has 4 heteroatoms. The first-order chi connectivity index (χ1) is 10.1. The fraction of sp³-hybridized carbons (Fsp3) is 0.118. The number of benzene rings is 2. The number of hydrogen-bond donors (Lipinski definition) is 1. The van der Waals surface area contributed by atoms with Crippen LogP contribution in [0.25, 0.3) is 0 Å². The zero-order chi connectivity index (χ0) is 15.2. The smallest absolute Gasteiger partial charge is 0.255 e. The van der Waals surface area contributed by atoms with Gasteiger partial charge in [0, 0.05) is 10.6 Å². The molecule has 21 heavy (non-hydrogen) atoms. The third kappa shape index (κ3) is 4.36. The third-order valence-electron chi connectivity index (χ3n) is 2.70. The van der Waals surface area contributed by atoms with Crippen molar-refractivity contribution in [3.8, 4) is 5.75 Å². The summed E-state index contributed by atoms with van der Waals surface area (Å²) in [5.41, 5.74) is 2.02. The van der Waals surface area contributed by atoms with E-state index in [0.717, 1.165) is 5.57 Å². The number of carbonyl (C=O) groups is 1. The summed E-state index contributed by atoms with van der Waals surface area (Å²) in [5, 5.41) is 3.35. The van der Waals surface area contributed by atoms with E-state index in [1.54, 1.807) is 36.4 Å². The summed E-state index contributed by atoms with van der Waals surface area (Å²) in [4.78, 5) is 12.2. The molecule has 0 spiro atoms. The molecule has 0 saturated carbocycles. The summed E-state index contributed by atoms with van der Waals surface area (Å²) >= 11 is 5.89. The number of carbonyl (C=O) groups excluding carboxylic acids is 1. The van der Waals surface area contributed by atoms with E-state index in [2.05, 4.69) is 11.9 Å². The van der Waals surface area contributed by atoms with Gasteiger partial charge in [0.2, 0.25) is 0 Å². The van der Waals surface area contributed by atoms with Crippen molar-refractivity contribution in [1.82, 2.24) is 0 Å². The summed E-state index contributed by atoms with van der Waals surface area (Å²) in [6.07, 6.45) is 0. The van der Waals surface area contributed by atoms with Gasteiger partial charge in [0.05, 0.1) is 5.69 Å². The van der Waals surface area contributed by atoms with E-state index >= 15 is 0 Å². The Hall–Kier alpha value is -2.26. The maximum absolute atomic E-state index is 12.2. The second-order valence-corrected chi connectivity index (χ2v) is 5.14. The number of amides is 1. The second-order valence-electron chi connectivity index (χ2n) is 4.71. The molecule has 0 atom stereocenters. The van der Waals surface area contributed by atoms with Crippen molar-refractivity contribution in [2.45, 2.75) is 6.92 Å². The van der Waals surface area contributed by atoms with E-state index < -0.39 is 0 Å². The Morgan fingerprint density at radius 2 is 2.00 bits per heavy atom. The molecular formula is C17H16ClNO2. The van der Waals surface area contributed by atoms with Gasteiger partial charge in [-0.25, -0.2) is 0 Å². The highest BCUT2D eigenvalue weighted by molar-refractivity contribution is 6.31. The molecule has 2 aromatic carbocycles. The van der Waals surface area contributed by atoms with Crippen LogP contribution in [-0.2, 0) is 0 Å². The summed E-state index contributed by atoms with van der Waals surface area (Å²) in [5.74, 6) is 0.375. The zero-order valence-corrected chi connectivity index (χ0v) is 12.5. The van der Waals surface area contributed by atoms with Gasteiger partial charge in [0.15, 0.2) is 0 Å². The predicted octanol–water partition coefficient (Wildman–Crippen LogP) is 4.55.